The van der Waals surface area contributed by atoms with E-state index >= 15 is 0 Å². The SMILES string of the molecule is COc1ccc(S(=O)(=O)N[C@H]2CCCNC2)cc1C(N)=O. The number of sulfonamides is 1. The predicted octanol–water partition coefficient (Wildman–Crippen LogP) is -0.176. The van der Waals surface area contributed by atoms with Gasteiger partial charge in [0.25, 0.3) is 5.91 Å². The lowest BCUT2D eigenvalue weighted by atomic mass is 10.1. The molecule has 1 aromatic rings. The van der Waals surface area contributed by atoms with Crippen LogP contribution in [0.1, 0.15) is 23.2 Å². The first-order valence-corrected chi connectivity index (χ1v) is 8.13. The van der Waals surface area contributed by atoms with E-state index in [1.54, 1.807) is 0 Å². The molecule has 0 aliphatic carbocycles. The molecule has 0 saturated carbocycles. The Morgan fingerprint density at radius 2 is 2.24 bits per heavy atom. The van der Waals surface area contributed by atoms with Crippen LogP contribution in [0.4, 0.5) is 0 Å². The fourth-order valence-electron chi connectivity index (χ4n) is 2.29. The second-order valence-corrected chi connectivity index (χ2v) is 6.60. The number of amides is 1. The predicted molar refractivity (Wildman–Crippen MR) is 77.7 cm³/mol. The molecule has 1 amide bonds. The maximum absolute atomic E-state index is 12.3. The second kappa shape index (κ2) is 6.42. The highest BCUT2D eigenvalue weighted by molar-refractivity contribution is 7.89. The molecule has 1 aromatic carbocycles. The van der Waals surface area contributed by atoms with Gasteiger partial charge in [-0.3, -0.25) is 4.79 Å². The van der Waals surface area contributed by atoms with Crippen molar-refractivity contribution in [1.29, 1.82) is 0 Å². The lowest BCUT2D eigenvalue weighted by Crippen LogP contribution is -2.45. The van der Waals surface area contributed by atoms with Gasteiger partial charge in [-0.15, -0.1) is 0 Å². The molecule has 0 radical (unpaired) electrons. The van der Waals surface area contributed by atoms with Gasteiger partial charge in [-0.25, -0.2) is 13.1 Å². The van der Waals surface area contributed by atoms with E-state index < -0.39 is 15.9 Å². The van der Waals surface area contributed by atoms with Crippen molar-refractivity contribution in [3.05, 3.63) is 23.8 Å². The molecule has 21 heavy (non-hydrogen) atoms. The normalized spacial score (nSPS) is 19.2. The molecule has 8 heteroatoms. The van der Waals surface area contributed by atoms with Crippen LogP contribution < -0.4 is 20.5 Å². The number of rotatable bonds is 5. The summed E-state index contributed by atoms with van der Waals surface area (Å²) in [5.41, 5.74) is 5.29. The van der Waals surface area contributed by atoms with Gasteiger partial charge in [0.1, 0.15) is 5.75 Å². The Morgan fingerprint density at radius 3 is 2.81 bits per heavy atom. The Morgan fingerprint density at radius 1 is 1.48 bits per heavy atom. The van der Waals surface area contributed by atoms with E-state index in [1.165, 1.54) is 25.3 Å². The van der Waals surface area contributed by atoms with Crippen LogP contribution in [0.25, 0.3) is 0 Å². The number of ether oxygens (including phenoxy) is 1. The van der Waals surface area contributed by atoms with Crippen molar-refractivity contribution in [3.8, 4) is 5.75 Å². The average molecular weight is 313 g/mol. The molecule has 0 bridgehead atoms. The summed E-state index contributed by atoms with van der Waals surface area (Å²) < 4.78 is 32.3. The summed E-state index contributed by atoms with van der Waals surface area (Å²) in [7, 11) is -2.30. The van der Waals surface area contributed by atoms with Crippen molar-refractivity contribution in [1.82, 2.24) is 10.0 Å². The fraction of sp³-hybridized carbons (Fsp3) is 0.462. The Hall–Kier alpha value is -1.64. The molecule has 0 aromatic heterocycles. The highest BCUT2D eigenvalue weighted by Gasteiger charge is 2.23. The van der Waals surface area contributed by atoms with Gasteiger partial charge >= 0.3 is 0 Å². The molecule has 116 valence electrons. The zero-order chi connectivity index (χ0) is 15.5. The van der Waals surface area contributed by atoms with Gasteiger partial charge in [0.05, 0.1) is 17.6 Å². The van der Waals surface area contributed by atoms with E-state index in [0.29, 0.717) is 6.54 Å². The van der Waals surface area contributed by atoms with Gasteiger partial charge in [-0.05, 0) is 37.6 Å². The lowest BCUT2D eigenvalue weighted by molar-refractivity contribution is 0.0997. The van der Waals surface area contributed by atoms with E-state index in [0.717, 1.165) is 19.4 Å². The van der Waals surface area contributed by atoms with E-state index in [1.807, 2.05) is 0 Å². The van der Waals surface area contributed by atoms with Crippen LogP contribution >= 0.6 is 0 Å². The van der Waals surface area contributed by atoms with Gasteiger partial charge in [0, 0.05) is 12.6 Å². The minimum atomic E-state index is -3.69. The van der Waals surface area contributed by atoms with Crippen molar-refractivity contribution in [2.24, 2.45) is 5.73 Å². The molecular weight excluding hydrogens is 294 g/mol. The number of primary amides is 1. The molecule has 1 aliphatic heterocycles. The van der Waals surface area contributed by atoms with E-state index in [-0.39, 0.29) is 22.3 Å². The smallest absolute Gasteiger partial charge is 0.252 e. The van der Waals surface area contributed by atoms with Crippen molar-refractivity contribution in [2.45, 2.75) is 23.8 Å². The van der Waals surface area contributed by atoms with Crippen molar-refractivity contribution in [3.63, 3.8) is 0 Å². The Bertz CT molecular complexity index is 624. The number of methoxy groups -OCH3 is 1. The van der Waals surface area contributed by atoms with Gasteiger partial charge in [-0.2, -0.15) is 0 Å². The number of benzene rings is 1. The van der Waals surface area contributed by atoms with Crippen LogP contribution in [-0.4, -0.2) is 40.6 Å². The standard InChI is InChI=1S/C13H19N3O4S/c1-20-12-5-4-10(7-11(12)13(14)17)21(18,19)16-9-3-2-6-15-8-9/h4-5,7,9,15-16H,2-3,6,8H2,1H3,(H2,14,17)/t9-/m0/s1. The molecule has 4 N–H and O–H groups in total. The van der Waals surface area contributed by atoms with Gasteiger partial charge in [-0.1, -0.05) is 0 Å². The molecular formula is C13H19N3O4S. The highest BCUT2D eigenvalue weighted by atomic mass is 32.2. The quantitative estimate of drug-likeness (QED) is 0.698. The maximum Gasteiger partial charge on any atom is 0.252 e. The summed E-state index contributed by atoms with van der Waals surface area (Å²) in [6.45, 7) is 1.49. The third-order valence-corrected chi connectivity index (χ3v) is 4.88. The van der Waals surface area contributed by atoms with Crippen LogP contribution in [-0.2, 0) is 10.0 Å². The van der Waals surface area contributed by atoms with Crippen LogP contribution in [0.3, 0.4) is 0 Å². The summed E-state index contributed by atoms with van der Waals surface area (Å²) in [5.74, 6) is -0.482. The van der Waals surface area contributed by atoms with Crippen molar-refractivity contribution < 1.29 is 17.9 Å². The number of nitrogens with two attached hydrogens (primary N) is 1. The van der Waals surface area contributed by atoms with Crippen LogP contribution in [0, 0.1) is 0 Å². The summed E-state index contributed by atoms with van der Waals surface area (Å²) in [5, 5.41) is 3.14. The molecule has 1 saturated heterocycles. The number of carbonyl (C=O) groups is 1. The minimum absolute atomic E-state index is 0.00248. The summed E-state index contributed by atoms with van der Waals surface area (Å²) in [6, 6.07) is 3.90. The topological polar surface area (TPSA) is 111 Å². The summed E-state index contributed by atoms with van der Waals surface area (Å²) >= 11 is 0. The minimum Gasteiger partial charge on any atom is -0.496 e. The first-order valence-electron chi connectivity index (χ1n) is 6.65. The molecule has 1 heterocycles. The van der Waals surface area contributed by atoms with Crippen molar-refractivity contribution >= 4 is 15.9 Å². The van der Waals surface area contributed by atoms with Gasteiger partial charge in [0.15, 0.2) is 0 Å². The number of carbonyl (C=O) groups excluding carboxylic acids is 1. The van der Waals surface area contributed by atoms with Crippen LogP contribution in [0.5, 0.6) is 5.75 Å². The Labute approximate surface area is 123 Å². The molecule has 0 unspecified atom stereocenters. The first-order chi connectivity index (χ1) is 9.94. The molecule has 1 aliphatic rings. The number of piperidine rings is 1. The second-order valence-electron chi connectivity index (χ2n) is 4.89. The van der Waals surface area contributed by atoms with Gasteiger partial charge in [0.2, 0.25) is 10.0 Å². The average Bonchev–Trinajstić information content (AvgIpc) is 2.47. The van der Waals surface area contributed by atoms with Crippen LogP contribution in [0.15, 0.2) is 23.1 Å². The molecule has 0 spiro atoms. The third kappa shape index (κ3) is 3.72. The number of hydrogen-bond donors (Lipinski definition) is 3. The Kier molecular flexibility index (Phi) is 4.81. The summed E-state index contributed by atoms with van der Waals surface area (Å²) in [4.78, 5) is 11.4. The van der Waals surface area contributed by atoms with E-state index in [9.17, 15) is 13.2 Å². The zero-order valence-electron chi connectivity index (χ0n) is 11.8. The zero-order valence-corrected chi connectivity index (χ0v) is 12.6. The lowest BCUT2D eigenvalue weighted by Gasteiger charge is -2.23. The van der Waals surface area contributed by atoms with E-state index in [2.05, 4.69) is 10.0 Å². The maximum atomic E-state index is 12.3. The monoisotopic (exact) mass is 313 g/mol. The van der Waals surface area contributed by atoms with E-state index in [4.69, 9.17) is 10.5 Å². The van der Waals surface area contributed by atoms with Crippen LogP contribution in [0.2, 0.25) is 0 Å². The van der Waals surface area contributed by atoms with Crippen molar-refractivity contribution in [2.75, 3.05) is 20.2 Å². The molecule has 7 nitrogen and oxygen atoms in total. The Balaban J connectivity index is 2.27. The molecule has 1 atom stereocenters. The molecule has 2 rings (SSSR count). The van der Waals surface area contributed by atoms with Gasteiger partial charge < -0.3 is 15.8 Å². The third-order valence-electron chi connectivity index (χ3n) is 3.37. The highest BCUT2D eigenvalue weighted by Crippen LogP contribution is 2.22. The summed E-state index contributed by atoms with van der Waals surface area (Å²) in [6.07, 6.45) is 1.70. The first kappa shape index (κ1) is 15.7. The number of nitrogens with one attached hydrogen (secondary N) is 2. The molecule has 1 fully saturated rings. The number of hydrogen-bond acceptors (Lipinski definition) is 5. The largest absolute Gasteiger partial charge is 0.496 e. The fourth-order valence-corrected chi connectivity index (χ4v) is 3.58.